The van der Waals surface area contributed by atoms with Gasteiger partial charge in [0.1, 0.15) is 12.4 Å². The number of aromatic amines is 1. The number of benzene rings is 3. The zero-order valence-corrected chi connectivity index (χ0v) is 25.0. The Morgan fingerprint density at radius 1 is 1.21 bits per heavy atom. The first-order chi connectivity index (χ1) is 20.8. The number of anilines is 1. The molecule has 0 bridgehead atoms. The van der Waals surface area contributed by atoms with Crippen LogP contribution in [-0.2, 0) is 4.79 Å². The highest BCUT2D eigenvalue weighted by Gasteiger charge is 2.36. The second-order valence-corrected chi connectivity index (χ2v) is 11.8. The lowest BCUT2D eigenvalue weighted by Crippen LogP contribution is -2.56. The molecule has 1 amide bonds. The molecule has 1 saturated heterocycles. The number of fused-ring (bicyclic) bond motifs is 3. The number of amides is 1. The number of ether oxygens (including phenoxy) is 1. The van der Waals surface area contributed by atoms with Gasteiger partial charge in [-0.2, -0.15) is 10.1 Å². The standard InChI is InChI=1S/C33H31ClN6O3/c1-5-27(41)38-12-13-39-20(16-38)17-43-31-29-26(14-22(30(31)34)28-19(4)10-11-24-23(28)15-35-37-24)40(33(42)36-32(29)39)25-9-7-6-8-21(25)18(2)3/h5-11,14-15,18,20H,1,12-13,16-17H2,2-4H3,(H,35,37)/t20-/m0/s1. The van der Waals surface area contributed by atoms with E-state index < -0.39 is 5.69 Å². The van der Waals surface area contributed by atoms with Crippen LogP contribution in [-0.4, -0.2) is 62.8 Å². The van der Waals surface area contributed by atoms with Gasteiger partial charge in [0.15, 0.2) is 5.75 Å². The van der Waals surface area contributed by atoms with Crippen LogP contribution in [0.25, 0.3) is 38.6 Å². The number of carbonyl (C=O) groups is 1. The average Bonchev–Trinajstić information content (AvgIpc) is 3.42. The summed E-state index contributed by atoms with van der Waals surface area (Å²) < 4.78 is 8.25. The van der Waals surface area contributed by atoms with Crippen molar-refractivity contribution >= 4 is 45.1 Å². The lowest BCUT2D eigenvalue weighted by Gasteiger charge is -2.40. The summed E-state index contributed by atoms with van der Waals surface area (Å²) in [4.78, 5) is 35.2. The fourth-order valence-electron chi connectivity index (χ4n) is 6.52. The van der Waals surface area contributed by atoms with Crippen molar-refractivity contribution < 1.29 is 9.53 Å². The molecule has 7 rings (SSSR count). The highest BCUT2D eigenvalue weighted by atomic mass is 35.5. The Hall–Kier alpha value is -4.63. The number of nitrogens with one attached hydrogen (secondary N) is 1. The molecule has 2 aromatic heterocycles. The molecule has 2 aliphatic rings. The van der Waals surface area contributed by atoms with Gasteiger partial charge in [-0.15, -0.1) is 0 Å². The first-order valence-corrected chi connectivity index (χ1v) is 14.8. The Morgan fingerprint density at radius 3 is 2.81 bits per heavy atom. The minimum absolute atomic E-state index is 0.135. The third-order valence-electron chi connectivity index (χ3n) is 8.62. The molecule has 43 heavy (non-hydrogen) atoms. The zero-order chi connectivity index (χ0) is 30.0. The Morgan fingerprint density at radius 2 is 2.02 bits per heavy atom. The quantitative estimate of drug-likeness (QED) is 0.272. The summed E-state index contributed by atoms with van der Waals surface area (Å²) in [6, 6.07) is 13.7. The molecule has 0 aliphatic carbocycles. The number of hydrogen-bond donors (Lipinski definition) is 1. The van der Waals surface area contributed by atoms with Crippen molar-refractivity contribution in [3.63, 3.8) is 0 Å². The molecule has 0 spiro atoms. The van der Waals surface area contributed by atoms with E-state index in [1.165, 1.54) is 6.08 Å². The van der Waals surface area contributed by atoms with Crippen molar-refractivity contribution in [1.29, 1.82) is 0 Å². The Labute approximate surface area is 253 Å². The number of H-pyrrole nitrogens is 1. The van der Waals surface area contributed by atoms with Gasteiger partial charge >= 0.3 is 5.69 Å². The number of para-hydroxylation sites is 1. The predicted molar refractivity (Wildman–Crippen MR) is 170 cm³/mol. The van der Waals surface area contributed by atoms with E-state index in [-0.39, 0.29) is 24.5 Å². The molecule has 1 N–H and O–H groups in total. The van der Waals surface area contributed by atoms with Gasteiger partial charge in [-0.3, -0.25) is 14.5 Å². The second kappa shape index (κ2) is 10.3. The predicted octanol–water partition coefficient (Wildman–Crippen LogP) is 5.61. The summed E-state index contributed by atoms with van der Waals surface area (Å²) in [5.41, 5.74) is 5.60. The fraction of sp³-hybridized carbons (Fsp3) is 0.273. The molecule has 5 aromatic rings. The Balaban J connectivity index is 1.57. The molecule has 0 unspecified atom stereocenters. The number of piperazine rings is 1. The molecule has 4 heterocycles. The number of hydrogen-bond acceptors (Lipinski definition) is 6. The van der Waals surface area contributed by atoms with Crippen molar-refractivity contribution in [3.05, 3.63) is 88.0 Å². The van der Waals surface area contributed by atoms with E-state index >= 15 is 0 Å². The molecule has 10 heteroatoms. The van der Waals surface area contributed by atoms with Crippen LogP contribution in [0.2, 0.25) is 5.02 Å². The van der Waals surface area contributed by atoms with Crippen molar-refractivity contribution in [2.45, 2.75) is 32.7 Å². The van der Waals surface area contributed by atoms with Crippen LogP contribution in [0.3, 0.4) is 0 Å². The maximum Gasteiger partial charge on any atom is 0.354 e. The smallest absolute Gasteiger partial charge is 0.354 e. The van der Waals surface area contributed by atoms with E-state index in [1.807, 2.05) is 49.4 Å². The van der Waals surface area contributed by atoms with Gasteiger partial charge in [-0.1, -0.05) is 56.3 Å². The lowest BCUT2D eigenvalue weighted by atomic mass is 9.95. The summed E-state index contributed by atoms with van der Waals surface area (Å²) in [5.74, 6) is 1.03. The van der Waals surface area contributed by atoms with Gasteiger partial charge in [0.2, 0.25) is 5.91 Å². The van der Waals surface area contributed by atoms with Gasteiger partial charge in [-0.05, 0) is 53.8 Å². The molecule has 2 aliphatic heterocycles. The number of carbonyl (C=O) groups excluding carboxylic acids is 1. The molecule has 3 aromatic carbocycles. The number of nitrogens with zero attached hydrogens (tertiary/aromatic N) is 5. The van der Waals surface area contributed by atoms with Gasteiger partial charge < -0.3 is 14.5 Å². The normalized spacial score (nSPS) is 16.3. The van der Waals surface area contributed by atoms with E-state index in [4.69, 9.17) is 21.3 Å². The summed E-state index contributed by atoms with van der Waals surface area (Å²) in [6.45, 7) is 11.6. The van der Waals surface area contributed by atoms with Crippen molar-refractivity contribution in [3.8, 4) is 22.6 Å². The zero-order valence-electron chi connectivity index (χ0n) is 24.2. The molecule has 0 radical (unpaired) electrons. The summed E-state index contributed by atoms with van der Waals surface area (Å²) in [6.07, 6.45) is 3.12. The third-order valence-corrected chi connectivity index (χ3v) is 9.00. The summed E-state index contributed by atoms with van der Waals surface area (Å²) in [5, 5.41) is 9.37. The van der Waals surface area contributed by atoms with Crippen molar-refractivity contribution in [2.75, 3.05) is 31.1 Å². The lowest BCUT2D eigenvalue weighted by molar-refractivity contribution is -0.126. The van der Waals surface area contributed by atoms with Gasteiger partial charge in [0.05, 0.1) is 39.4 Å². The van der Waals surface area contributed by atoms with Crippen LogP contribution >= 0.6 is 11.6 Å². The number of rotatable bonds is 4. The molecule has 218 valence electrons. The highest BCUT2D eigenvalue weighted by molar-refractivity contribution is 6.37. The van der Waals surface area contributed by atoms with E-state index in [2.05, 4.69) is 35.5 Å². The molecule has 9 nitrogen and oxygen atoms in total. The Kier molecular flexibility index (Phi) is 6.50. The summed E-state index contributed by atoms with van der Waals surface area (Å²) >= 11 is 7.29. The maximum absolute atomic E-state index is 14.2. The molecular weight excluding hydrogens is 564 g/mol. The van der Waals surface area contributed by atoms with E-state index in [0.29, 0.717) is 47.1 Å². The average molecular weight is 595 g/mol. The number of halogens is 1. The first kappa shape index (κ1) is 27.2. The monoisotopic (exact) mass is 594 g/mol. The largest absolute Gasteiger partial charge is 0.489 e. The topological polar surface area (TPSA) is 96.4 Å². The van der Waals surface area contributed by atoms with E-state index in [1.54, 1.807) is 15.7 Å². The van der Waals surface area contributed by atoms with Crippen LogP contribution in [0, 0.1) is 6.92 Å². The van der Waals surface area contributed by atoms with Gasteiger partial charge in [-0.25, -0.2) is 4.79 Å². The molecule has 1 fully saturated rings. The Bertz CT molecular complexity index is 2010. The van der Waals surface area contributed by atoms with Crippen LogP contribution in [0.4, 0.5) is 5.82 Å². The highest BCUT2D eigenvalue weighted by Crippen LogP contribution is 2.48. The van der Waals surface area contributed by atoms with E-state index in [0.717, 1.165) is 38.8 Å². The minimum Gasteiger partial charge on any atom is -0.489 e. The minimum atomic E-state index is -0.390. The van der Waals surface area contributed by atoms with Crippen molar-refractivity contribution in [2.24, 2.45) is 0 Å². The number of aromatic nitrogens is 4. The van der Waals surface area contributed by atoms with E-state index in [9.17, 15) is 9.59 Å². The number of aryl methyl sites for hydroxylation is 1. The first-order valence-electron chi connectivity index (χ1n) is 14.4. The fourth-order valence-corrected chi connectivity index (χ4v) is 6.82. The van der Waals surface area contributed by atoms with Gasteiger partial charge in [0, 0.05) is 30.6 Å². The maximum atomic E-state index is 14.2. The van der Waals surface area contributed by atoms with Crippen LogP contribution in [0.15, 0.2) is 66.1 Å². The third kappa shape index (κ3) is 4.21. The molecule has 0 saturated carbocycles. The van der Waals surface area contributed by atoms with Crippen LogP contribution < -0.4 is 15.3 Å². The van der Waals surface area contributed by atoms with Crippen molar-refractivity contribution in [1.82, 2.24) is 24.6 Å². The summed E-state index contributed by atoms with van der Waals surface area (Å²) in [7, 11) is 0. The SMILES string of the molecule is C=CC(=O)N1CCN2c3nc(=O)n(-c4ccccc4C(C)C)c4cc(-c5c(C)ccc6[nH]ncc56)c(Cl)c(c34)OC[C@@H]2C1. The van der Waals surface area contributed by atoms with Crippen LogP contribution in [0.5, 0.6) is 5.75 Å². The molecular formula is C33H31ClN6O3. The van der Waals surface area contributed by atoms with Gasteiger partial charge in [0.25, 0.3) is 0 Å². The second-order valence-electron chi connectivity index (χ2n) is 11.5. The van der Waals surface area contributed by atoms with Crippen LogP contribution in [0.1, 0.15) is 30.9 Å². The molecule has 1 atom stereocenters.